The van der Waals surface area contributed by atoms with Crippen molar-refractivity contribution in [2.75, 3.05) is 6.61 Å². The molecule has 5 heteroatoms. The van der Waals surface area contributed by atoms with E-state index in [0.29, 0.717) is 17.9 Å². The number of esters is 1. The molecule has 0 heterocycles. The summed E-state index contributed by atoms with van der Waals surface area (Å²) in [6.07, 6.45) is 7.81. The van der Waals surface area contributed by atoms with Gasteiger partial charge in [-0.05, 0) is 95.2 Å². The van der Waals surface area contributed by atoms with Gasteiger partial charge in [-0.3, -0.25) is 4.99 Å². The molecule has 0 unspecified atom stereocenters. The van der Waals surface area contributed by atoms with Crippen molar-refractivity contribution in [1.29, 1.82) is 0 Å². The number of unbranched alkanes of at least 4 members (excludes halogenated alkanes) is 4. The number of para-hydroxylation sites is 1. The summed E-state index contributed by atoms with van der Waals surface area (Å²) in [7, 11) is 0. The lowest BCUT2D eigenvalue weighted by Crippen LogP contribution is -2.08. The van der Waals surface area contributed by atoms with E-state index in [1.165, 1.54) is 25.7 Å². The fourth-order valence-corrected chi connectivity index (χ4v) is 3.60. The Morgan fingerprint density at radius 3 is 2.28 bits per heavy atom. The Kier molecular flexibility index (Phi) is 9.75. The zero-order valence-corrected chi connectivity index (χ0v) is 20.5. The van der Waals surface area contributed by atoms with E-state index in [0.717, 1.165) is 27.0 Å². The van der Waals surface area contributed by atoms with E-state index in [2.05, 4.69) is 34.5 Å². The monoisotopic (exact) mass is 541 g/mol. The first kappa shape index (κ1) is 24.0. The van der Waals surface area contributed by atoms with E-state index in [-0.39, 0.29) is 0 Å². The summed E-state index contributed by atoms with van der Waals surface area (Å²) in [4.78, 5) is 16.9. The average molecular weight is 541 g/mol. The minimum Gasteiger partial charge on any atom is -0.494 e. The fraction of sp³-hybridized carbons (Fsp3) is 0.259. The maximum absolute atomic E-state index is 12.4. The summed E-state index contributed by atoms with van der Waals surface area (Å²) in [5.74, 6) is 0.874. The topological polar surface area (TPSA) is 47.9 Å². The number of nitrogens with zero attached hydrogens (tertiary/aromatic N) is 1. The van der Waals surface area contributed by atoms with Gasteiger partial charge in [-0.2, -0.15) is 0 Å². The van der Waals surface area contributed by atoms with Gasteiger partial charge in [0.15, 0.2) is 0 Å². The van der Waals surface area contributed by atoms with Crippen LogP contribution < -0.4 is 9.47 Å². The minimum atomic E-state index is -0.392. The van der Waals surface area contributed by atoms with Crippen LogP contribution in [0, 0.1) is 3.57 Å². The van der Waals surface area contributed by atoms with Crippen LogP contribution in [0.4, 0.5) is 5.69 Å². The van der Waals surface area contributed by atoms with Gasteiger partial charge in [0.2, 0.25) is 0 Å². The lowest BCUT2D eigenvalue weighted by atomic mass is 10.2. The van der Waals surface area contributed by atoms with Crippen LogP contribution in [0.1, 0.15) is 54.9 Å². The van der Waals surface area contributed by atoms with Gasteiger partial charge in [-0.15, -0.1) is 0 Å². The Hall–Kier alpha value is -2.67. The Labute approximate surface area is 203 Å². The summed E-state index contributed by atoms with van der Waals surface area (Å²) >= 11 is 2.26. The van der Waals surface area contributed by atoms with Crippen molar-refractivity contribution in [3.63, 3.8) is 0 Å². The predicted octanol–water partition coefficient (Wildman–Crippen LogP) is 7.61. The number of halogens is 1. The number of rotatable bonds is 11. The summed E-state index contributed by atoms with van der Waals surface area (Å²) in [5.41, 5.74) is 2.35. The van der Waals surface area contributed by atoms with Crippen LogP contribution in [0.3, 0.4) is 0 Å². The van der Waals surface area contributed by atoms with Gasteiger partial charge in [-0.1, -0.05) is 44.7 Å². The molecule has 0 saturated carbocycles. The lowest BCUT2D eigenvalue weighted by molar-refractivity contribution is 0.0734. The summed E-state index contributed by atoms with van der Waals surface area (Å²) in [6.45, 7) is 2.91. The number of hydrogen-bond donors (Lipinski definition) is 0. The smallest absolute Gasteiger partial charge is 0.343 e. The van der Waals surface area contributed by atoms with Crippen molar-refractivity contribution in [2.24, 2.45) is 4.99 Å². The fourth-order valence-electron chi connectivity index (χ4n) is 3.07. The van der Waals surface area contributed by atoms with Crippen molar-refractivity contribution in [3.8, 4) is 11.5 Å². The molecule has 3 aromatic rings. The largest absolute Gasteiger partial charge is 0.494 e. The second-order valence-corrected chi connectivity index (χ2v) is 8.62. The maximum Gasteiger partial charge on any atom is 0.343 e. The van der Waals surface area contributed by atoms with Gasteiger partial charge in [-0.25, -0.2) is 4.79 Å². The van der Waals surface area contributed by atoms with Gasteiger partial charge in [0, 0.05) is 9.78 Å². The van der Waals surface area contributed by atoms with Crippen molar-refractivity contribution in [3.05, 3.63) is 87.5 Å². The van der Waals surface area contributed by atoms with Crippen LogP contribution >= 0.6 is 22.6 Å². The van der Waals surface area contributed by atoms with E-state index in [4.69, 9.17) is 9.47 Å². The normalized spacial score (nSPS) is 10.9. The van der Waals surface area contributed by atoms with E-state index in [1.54, 1.807) is 30.5 Å². The molecule has 4 nitrogen and oxygen atoms in total. The third kappa shape index (κ3) is 7.79. The van der Waals surface area contributed by atoms with Crippen LogP contribution in [-0.4, -0.2) is 18.8 Å². The third-order valence-electron chi connectivity index (χ3n) is 4.90. The second kappa shape index (κ2) is 13.0. The summed E-state index contributed by atoms with van der Waals surface area (Å²) in [6, 6.07) is 22.3. The van der Waals surface area contributed by atoms with Crippen molar-refractivity contribution < 1.29 is 14.3 Å². The van der Waals surface area contributed by atoms with Gasteiger partial charge >= 0.3 is 5.97 Å². The molecular weight excluding hydrogens is 513 g/mol. The molecule has 0 aliphatic rings. The first-order valence-corrected chi connectivity index (χ1v) is 12.1. The van der Waals surface area contributed by atoms with Crippen LogP contribution in [0.2, 0.25) is 0 Å². The molecule has 0 radical (unpaired) electrons. The highest BCUT2D eigenvalue weighted by Crippen LogP contribution is 2.21. The second-order valence-electron chi connectivity index (χ2n) is 7.46. The molecule has 0 bridgehead atoms. The maximum atomic E-state index is 12.4. The number of carbonyl (C=O) groups excluding carboxylic acids is 1. The van der Waals surface area contributed by atoms with Crippen LogP contribution in [-0.2, 0) is 0 Å². The Morgan fingerprint density at radius 1 is 0.875 bits per heavy atom. The molecule has 0 aliphatic heterocycles. The molecule has 32 heavy (non-hydrogen) atoms. The van der Waals surface area contributed by atoms with Crippen LogP contribution in [0.15, 0.2) is 77.8 Å². The predicted molar refractivity (Wildman–Crippen MR) is 139 cm³/mol. The van der Waals surface area contributed by atoms with Gasteiger partial charge < -0.3 is 9.47 Å². The van der Waals surface area contributed by atoms with Gasteiger partial charge in [0.05, 0.1) is 17.9 Å². The molecule has 0 N–H and O–H groups in total. The first-order valence-electron chi connectivity index (χ1n) is 11.0. The molecule has 0 aromatic heterocycles. The van der Waals surface area contributed by atoms with Crippen molar-refractivity contribution in [2.45, 2.75) is 39.0 Å². The van der Waals surface area contributed by atoms with Crippen LogP contribution in [0.5, 0.6) is 11.5 Å². The number of ether oxygens (including phenoxy) is 2. The highest BCUT2D eigenvalue weighted by atomic mass is 127. The van der Waals surface area contributed by atoms with Gasteiger partial charge in [0.1, 0.15) is 11.5 Å². The molecule has 166 valence electrons. The zero-order valence-electron chi connectivity index (χ0n) is 18.3. The van der Waals surface area contributed by atoms with E-state index >= 15 is 0 Å². The van der Waals surface area contributed by atoms with E-state index < -0.39 is 5.97 Å². The molecule has 0 atom stereocenters. The number of benzene rings is 3. The highest BCUT2D eigenvalue weighted by Gasteiger charge is 2.09. The van der Waals surface area contributed by atoms with Crippen molar-refractivity contribution >= 4 is 40.5 Å². The molecular formula is C27H28INO3. The molecule has 0 saturated heterocycles. The number of hydrogen-bond acceptors (Lipinski definition) is 4. The van der Waals surface area contributed by atoms with Crippen LogP contribution in [0.25, 0.3) is 0 Å². The Bertz CT molecular complexity index is 1010. The van der Waals surface area contributed by atoms with Gasteiger partial charge in [0.25, 0.3) is 0 Å². The molecule has 3 aromatic carbocycles. The third-order valence-corrected chi connectivity index (χ3v) is 5.81. The summed E-state index contributed by atoms with van der Waals surface area (Å²) < 4.78 is 12.3. The van der Waals surface area contributed by atoms with Crippen molar-refractivity contribution in [1.82, 2.24) is 0 Å². The van der Waals surface area contributed by atoms with E-state index in [1.807, 2.05) is 48.5 Å². The molecule has 0 fully saturated rings. The average Bonchev–Trinajstić information content (AvgIpc) is 2.82. The Balaban J connectivity index is 1.48. The summed E-state index contributed by atoms with van der Waals surface area (Å²) in [5, 5.41) is 0. The highest BCUT2D eigenvalue weighted by molar-refractivity contribution is 14.1. The number of carbonyl (C=O) groups is 1. The molecule has 0 amide bonds. The Morgan fingerprint density at radius 2 is 1.56 bits per heavy atom. The standard InChI is InChI=1S/C27H28INO3/c1-2-3-4-5-8-19-31-23-17-13-22(14-18-23)27(30)32-24-15-11-21(12-16-24)20-29-26-10-7-6-9-25(26)28/h6-7,9-18,20H,2-5,8,19H2,1H3. The SMILES string of the molecule is CCCCCCCOc1ccc(C(=O)Oc2ccc(C=Nc3ccccc3I)cc2)cc1. The minimum absolute atomic E-state index is 0.392. The molecule has 0 aliphatic carbocycles. The number of aliphatic imine (C=N–C) groups is 1. The zero-order chi connectivity index (χ0) is 22.6. The first-order chi connectivity index (χ1) is 15.7. The lowest BCUT2D eigenvalue weighted by Gasteiger charge is -2.08. The van der Waals surface area contributed by atoms with E-state index in [9.17, 15) is 4.79 Å². The molecule has 3 rings (SSSR count). The molecule has 0 spiro atoms. The quantitative estimate of drug-likeness (QED) is 0.0826.